The molecule has 2 nitrogen and oxygen atoms in total. The molecule has 0 radical (unpaired) electrons. The van der Waals surface area contributed by atoms with E-state index in [1.54, 1.807) is 0 Å². The van der Waals surface area contributed by atoms with E-state index in [1.807, 2.05) is 27.6 Å². The molecule has 0 saturated carbocycles. The SMILES string of the molecule is CB1O[C@@H](C)C(C)(C)O1. The molecule has 1 atom stereocenters. The molecule has 1 saturated heterocycles. The van der Waals surface area contributed by atoms with Crippen LogP contribution in [0.5, 0.6) is 0 Å². The molecule has 1 rings (SSSR count). The van der Waals surface area contributed by atoms with Crippen LogP contribution in [0.15, 0.2) is 0 Å². The summed E-state index contributed by atoms with van der Waals surface area (Å²) in [4.78, 5) is 0. The van der Waals surface area contributed by atoms with Crippen LogP contribution in [0.3, 0.4) is 0 Å². The molecule has 0 aliphatic carbocycles. The Kier molecular flexibility index (Phi) is 1.57. The van der Waals surface area contributed by atoms with E-state index in [2.05, 4.69) is 0 Å². The van der Waals surface area contributed by atoms with Gasteiger partial charge in [0.15, 0.2) is 0 Å². The normalized spacial score (nSPS) is 33.3. The highest BCUT2D eigenvalue weighted by atomic mass is 16.7. The van der Waals surface area contributed by atoms with Gasteiger partial charge in [-0.2, -0.15) is 0 Å². The second-order valence-electron chi connectivity index (χ2n) is 3.07. The second kappa shape index (κ2) is 1.99. The summed E-state index contributed by atoms with van der Waals surface area (Å²) in [6, 6.07) is 0. The van der Waals surface area contributed by atoms with Crippen LogP contribution in [0.25, 0.3) is 0 Å². The van der Waals surface area contributed by atoms with Crippen LogP contribution in [-0.2, 0) is 9.31 Å². The topological polar surface area (TPSA) is 18.5 Å². The Hall–Kier alpha value is -0.0151. The van der Waals surface area contributed by atoms with Gasteiger partial charge in [0, 0.05) is 0 Å². The minimum absolute atomic E-state index is 0.0324. The molecule has 0 aromatic heterocycles. The largest absolute Gasteiger partial charge is 0.454 e. The van der Waals surface area contributed by atoms with Gasteiger partial charge in [-0.25, -0.2) is 0 Å². The van der Waals surface area contributed by atoms with Crippen LogP contribution < -0.4 is 0 Å². The maximum absolute atomic E-state index is 5.44. The van der Waals surface area contributed by atoms with Crippen molar-refractivity contribution in [3.05, 3.63) is 0 Å². The average molecular weight is 128 g/mol. The zero-order valence-electron chi connectivity index (χ0n) is 6.47. The average Bonchev–Trinajstić information content (AvgIpc) is 1.79. The molecule has 3 heteroatoms. The minimum Gasteiger partial charge on any atom is -0.406 e. The van der Waals surface area contributed by atoms with Crippen molar-refractivity contribution in [3.63, 3.8) is 0 Å². The van der Waals surface area contributed by atoms with Crippen molar-refractivity contribution >= 4 is 7.12 Å². The fourth-order valence-corrected chi connectivity index (χ4v) is 1.00. The highest BCUT2D eigenvalue weighted by Gasteiger charge is 2.39. The van der Waals surface area contributed by atoms with Gasteiger partial charge >= 0.3 is 7.12 Å². The molecule has 1 heterocycles. The number of rotatable bonds is 0. The molecule has 0 aromatic rings. The summed E-state index contributed by atoms with van der Waals surface area (Å²) in [5.74, 6) is 0. The lowest BCUT2D eigenvalue weighted by atomic mass is 9.96. The molecule has 1 aliphatic rings. The van der Waals surface area contributed by atoms with Crippen molar-refractivity contribution in [2.24, 2.45) is 0 Å². The Balaban J connectivity index is 2.58. The summed E-state index contributed by atoms with van der Waals surface area (Å²) in [7, 11) is -0.0324. The fourth-order valence-electron chi connectivity index (χ4n) is 1.00. The molecule has 0 unspecified atom stereocenters. The van der Waals surface area contributed by atoms with Gasteiger partial charge in [0.25, 0.3) is 0 Å². The van der Waals surface area contributed by atoms with Crippen molar-refractivity contribution in [1.82, 2.24) is 0 Å². The predicted molar refractivity (Wildman–Crippen MR) is 37.3 cm³/mol. The van der Waals surface area contributed by atoms with Crippen LogP contribution in [0.1, 0.15) is 20.8 Å². The Morgan fingerprint density at radius 3 is 2.11 bits per heavy atom. The van der Waals surface area contributed by atoms with E-state index in [0.29, 0.717) is 0 Å². The lowest BCUT2D eigenvalue weighted by Crippen LogP contribution is -2.30. The first-order chi connectivity index (χ1) is 4.02. The molecule has 1 aliphatic heterocycles. The molecule has 0 spiro atoms. The van der Waals surface area contributed by atoms with E-state index in [1.165, 1.54) is 0 Å². The summed E-state index contributed by atoms with van der Waals surface area (Å²) in [6.45, 7) is 8.04. The van der Waals surface area contributed by atoms with Crippen molar-refractivity contribution in [2.75, 3.05) is 0 Å². The third-order valence-corrected chi connectivity index (χ3v) is 1.84. The smallest absolute Gasteiger partial charge is 0.406 e. The third kappa shape index (κ3) is 1.27. The Bertz CT molecular complexity index is 114. The van der Waals surface area contributed by atoms with Crippen LogP contribution in [0.4, 0.5) is 0 Å². The van der Waals surface area contributed by atoms with E-state index in [9.17, 15) is 0 Å². The van der Waals surface area contributed by atoms with Gasteiger partial charge in [-0.05, 0) is 27.6 Å². The van der Waals surface area contributed by atoms with Crippen molar-refractivity contribution < 1.29 is 9.31 Å². The third-order valence-electron chi connectivity index (χ3n) is 1.84. The quantitative estimate of drug-likeness (QED) is 0.458. The van der Waals surface area contributed by atoms with E-state index < -0.39 is 0 Å². The summed E-state index contributed by atoms with van der Waals surface area (Å²) in [6.07, 6.45) is 0.215. The predicted octanol–water partition coefficient (Wildman–Crippen LogP) is 1.32. The van der Waals surface area contributed by atoms with Gasteiger partial charge in [-0.15, -0.1) is 0 Å². The Labute approximate surface area is 56.7 Å². The monoisotopic (exact) mass is 128 g/mol. The number of hydrogen-bond donors (Lipinski definition) is 0. The molecule has 1 fully saturated rings. The molecule has 0 aromatic carbocycles. The highest BCUT2D eigenvalue weighted by Crippen LogP contribution is 2.26. The maximum Gasteiger partial charge on any atom is 0.454 e. The van der Waals surface area contributed by atoms with Gasteiger partial charge in [-0.1, -0.05) is 0 Å². The number of hydrogen-bond acceptors (Lipinski definition) is 2. The lowest BCUT2D eigenvalue weighted by molar-refractivity contribution is 0.0841. The van der Waals surface area contributed by atoms with Crippen LogP contribution >= 0.6 is 0 Å². The summed E-state index contributed by atoms with van der Waals surface area (Å²) >= 11 is 0. The standard InChI is InChI=1S/C6H13BO2/c1-5-6(2,3)9-7(4)8-5/h5H,1-4H3/t5-/m0/s1. The molecule has 0 bridgehead atoms. The first-order valence-electron chi connectivity index (χ1n) is 3.35. The highest BCUT2D eigenvalue weighted by molar-refractivity contribution is 6.43. The minimum atomic E-state index is -0.0978. The van der Waals surface area contributed by atoms with E-state index in [0.717, 1.165) is 0 Å². The van der Waals surface area contributed by atoms with Crippen LogP contribution in [-0.4, -0.2) is 18.8 Å². The first-order valence-corrected chi connectivity index (χ1v) is 3.35. The fraction of sp³-hybridized carbons (Fsp3) is 1.00. The van der Waals surface area contributed by atoms with Gasteiger partial charge < -0.3 is 9.31 Å². The van der Waals surface area contributed by atoms with E-state index in [-0.39, 0.29) is 18.8 Å². The van der Waals surface area contributed by atoms with Gasteiger partial charge in [0.2, 0.25) is 0 Å². The van der Waals surface area contributed by atoms with E-state index >= 15 is 0 Å². The molecular formula is C6H13BO2. The summed E-state index contributed by atoms with van der Waals surface area (Å²) in [5.41, 5.74) is -0.0978. The van der Waals surface area contributed by atoms with Crippen molar-refractivity contribution in [3.8, 4) is 0 Å². The lowest BCUT2D eigenvalue weighted by Gasteiger charge is -2.21. The Morgan fingerprint density at radius 1 is 1.44 bits per heavy atom. The molecular weight excluding hydrogens is 115 g/mol. The summed E-state index contributed by atoms with van der Waals surface area (Å²) in [5, 5.41) is 0. The Morgan fingerprint density at radius 2 is 2.00 bits per heavy atom. The molecule has 0 amide bonds. The molecule has 0 N–H and O–H groups in total. The van der Waals surface area contributed by atoms with Crippen LogP contribution in [0.2, 0.25) is 6.82 Å². The zero-order valence-corrected chi connectivity index (χ0v) is 6.47. The summed E-state index contributed by atoms with van der Waals surface area (Å²) < 4.78 is 10.8. The first kappa shape index (κ1) is 7.10. The van der Waals surface area contributed by atoms with Gasteiger partial charge in [0.05, 0.1) is 11.7 Å². The van der Waals surface area contributed by atoms with Gasteiger partial charge in [0.1, 0.15) is 0 Å². The molecule has 9 heavy (non-hydrogen) atoms. The zero-order chi connectivity index (χ0) is 7.07. The second-order valence-corrected chi connectivity index (χ2v) is 3.07. The van der Waals surface area contributed by atoms with Crippen molar-refractivity contribution in [2.45, 2.75) is 39.3 Å². The maximum atomic E-state index is 5.44. The van der Waals surface area contributed by atoms with Crippen molar-refractivity contribution in [1.29, 1.82) is 0 Å². The molecule has 52 valence electrons. The van der Waals surface area contributed by atoms with E-state index in [4.69, 9.17) is 9.31 Å². The van der Waals surface area contributed by atoms with Crippen LogP contribution in [0, 0.1) is 0 Å². The van der Waals surface area contributed by atoms with Gasteiger partial charge in [-0.3, -0.25) is 0 Å².